The second-order valence-corrected chi connectivity index (χ2v) is 8.45. The predicted molar refractivity (Wildman–Crippen MR) is 94.0 cm³/mol. The van der Waals surface area contributed by atoms with Crippen LogP contribution >= 0.6 is 7.60 Å². The standard InChI is InChI=1S/C17H24NO7P/c1-23-26(22,24-2)12-14-8-9-18(15(10-14)16(19)20)17(21)25-11-13-6-4-3-5-7-13/h3-7,14-15H,8-12H2,1-2H3,(H,19,20)/t14-,15+/m1/s1. The van der Waals surface area contributed by atoms with Gasteiger partial charge in [-0.1, -0.05) is 30.3 Å². The first kappa shape index (κ1) is 20.4. The predicted octanol–water partition coefficient (Wildman–Crippen LogP) is 2.97. The van der Waals surface area contributed by atoms with Crippen LogP contribution < -0.4 is 0 Å². The normalized spacial score (nSPS) is 20.6. The van der Waals surface area contributed by atoms with Gasteiger partial charge in [-0.25, -0.2) is 9.59 Å². The van der Waals surface area contributed by atoms with Crippen molar-refractivity contribution in [2.75, 3.05) is 26.9 Å². The Hall–Kier alpha value is -1.89. The van der Waals surface area contributed by atoms with Crippen LogP contribution in [-0.2, 0) is 29.8 Å². The molecule has 0 aromatic heterocycles. The molecule has 1 aromatic carbocycles. The van der Waals surface area contributed by atoms with E-state index in [-0.39, 0.29) is 31.7 Å². The number of hydrogen-bond acceptors (Lipinski definition) is 6. The van der Waals surface area contributed by atoms with Gasteiger partial charge in [-0.3, -0.25) is 9.46 Å². The highest BCUT2D eigenvalue weighted by Gasteiger charge is 2.39. The van der Waals surface area contributed by atoms with Gasteiger partial charge in [0.2, 0.25) is 0 Å². The number of carbonyl (C=O) groups is 2. The molecular weight excluding hydrogens is 361 g/mol. The number of amides is 1. The Bertz CT molecular complexity index is 658. The summed E-state index contributed by atoms with van der Waals surface area (Å²) in [6.45, 7) is 0.289. The van der Waals surface area contributed by atoms with Crippen molar-refractivity contribution >= 4 is 19.7 Å². The maximum atomic E-state index is 12.3. The summed E-state index contributed by atoms with van der Waals surface area (Å²) in [5, 5.41) is 9.49. The lowest BCUT2D eigenvalue weighted by molar-refractivity contribution is -0.144. The molecule has 2 rings (SSSR count). The molecule has 1 heterocycles. The number of nitrogens with zero attached hydrogens (tertiary/aromatic N) is 1. The zero-order valence-electron chi connectivity index (χ0n) is 14.9. The lowest BCUT2D eigenvalue weighted by Gasteiger charge is -2.36. The number of aliphatic carboxylic acids is 1. The Morgan fingerprint density at radius 2 is 1.88 bits per heavy atom. The molecule has 144 valence electrons. The molecule has 0 saturated carbocycles. The van der Waals surface area contributed by atoms with E-state index in [0.29, 0.717) is 6.42 Å². The molecule has 1 aromatic rings. The number of piperidine rings is 1. The van der Waals surface area contributed by atoms with Crippen molar-refractivity contribution in [3.8, 4) is 0 Å². The van der Waals surface area contributed by atoms with E-state index >= 15 is 0 Å². The maximum absolute atomic E-state index is 12.3. The van der Waals surface area contributed by atoms with Crippen LogP contribution in [0.1, 0.15) is 18.4 Å². The summed E-state index contributed by atoms with van der Waals surface area (Å²) in [5.74, 6) is -1.30. The van der Waals surface area contributed by atoms with Gasteiger partial charge in [0.1, 0.15) is 12.6 Å². The monoisotopic (exact) mass is 385 g/mol. The number of carboxylic acid groups (broad SMARTS) is 1. The number of benzene rings is 1. The Morgan fingerprint density at radius 3 is 2.46 bits per heavy atom. The summed E-state index contributed by atoms with van der Waals surface area (Å²) in [6.07, 6.45) is 0.130. The maximum Gasteiger partial charge on any atom is 0.410 e. The lowest BCUT2D eigenvalue weighted by Crippen LogP contribution is -2.50. The smallest absolute Gasteiger partial charge is 0.410 e. The second kappa shape index (κ2) is 9.16. The van der Waals surface area contributed by atoms with E-state index in [9.17, 15) is 19.3 Å². The molecule has 26 heavy (non-hydrogen) atoms. The molecule has 2 atom stereocenters. The third kappa shape index (κ3) is 5.30. The number of ether oxygens (including phenoxy) is 1. The molecular formula is C17H24NO7P. The minimum Gasteiger partial charge on any atom is -0.480 e. The zero-order chi connectivity index (χ0) is 19.2. The average molecular weight is 385 g/mol. The van der Waals surface area contributed by atoms with Crippen LogP contribution in [0, 0.1) is 5.92 Å². The van der Waals surface area contributed by atoms with Crippen molar-refractivity contribution < 1.29 is 33.0 Å². The third-order valence-electron chi connectivity index (χ3n) is 4.47. The van der Waals surface area contributed by atoms with Crippen LogP contribution in [-0.4, -0.2) is 55.0 Å². The average Bonchev–Trinajstić information content (AvgIpc) is 2.66. The van der Waals surface area contributed by atoms with Crippen LogP contribution in [0.3, 0.4) is 0 Å². The van der Waals surface area contributed by atoms with Crippen LogP contribution in [0.15, 0.2) is 30.3 Å². The summed E-state index contributed by atoms with van der Waals surface area (Å²) >= 11 is 0. The van der Waals surface area contributed by atoms with E-state index in [0.717, 1.165) is 5.56 Å². The fourth-order valence-corrected chi connectivity index (χ4v) is 4.41. The lowest BCUT2D eigenvalue weighted by atomic mass is 9.92. The van der Waals surface area contributed by atoms with Crippen molar-refractivity contribution in [2.24, 2.45) is 5.92 Å². The minimum absolute atomic E-state index is 0.0779. The molecule has 0 spiro atoms. The van der Waals surface area contributed by atoms with Crippen LogP contribution in [0.4, 0.5) is 4.79 Å². The molecule has 1 N–H and O–H groups in total. The Morgan fingerprint density at radius 1 is 1.23 bits per heavy atom. The van der Waals surface area contributed by atoms with Crippen molar-refractivity contribution in [3.05, 3.63) is 35.9 Å². The first-order valence-electron chi connectivity index (χ1n) is 8.29. The van der Waals surface area contributed by atoms with Gasteiger partial charge in [-0.2, -0.15) is 0 Å². The van der Waals surface area contributed by atoms with Gasteiger partial charge < -0.3 is 18.9 Å². The summed E-state index contributed by atoms with van der Waals surface area (Å²) in [6, 6.07) is 8.13. The molecule has 1 fully saturated rings. The quantitative estimate of drug-likeness (QED) is 0.720. The highest BCUT2D eigenvalue weighted by Crippen LogP contribution is 2.49. The highest BCUT2D eigenvalue weighted by molar-refractivity contribution is 7.53. The van der Waals surface area contributed by atoms with Crippen LogP contribution in [0.25, 0.3) is 0 Å². The molecule has 1 saturated heterocycles. The van der Waals surface area contributed by atoms with E-state index in [4.69, 9.17) is 13.8 Å². The van der Waals surface area contributed by atoms with Gasteiger partial charge in [-0.15, -0.1) is 0 Å². The number of carbonyl (C=O) groups excluding carboxylic acids is 1. The molecule has 8 nitrogen and oxygen atoms in total. The van der Waals surface area contributed by atoms with Gasteiger partial charge in [0, 0.05) is 20.8 Å². The van der Waals surface area contributed by atoms with Crippen molar-refractivity contribution in [3.63, 3.8) is 0 Å². The van der Waals surface area contributed by atoms with Crippen LogP contribution in [0.5, 0.6) is 0 Å². The largest absolute Gasteiger partial charge is 0.480 e. The summed E-state index contributed by atoms with van der Waals surface area (Å²) < 4.78 is 27.4. The van der Waals surface area contributed by atoms with Gasteiger partial charge in [0.05, 0.1) is 6.16 Å². The van der Waals surface area contributed by atoms with Gasteiger partial charge in [-0.05, 0) is 24.3 Å². The van der Waals surface area contributed by atoms with E-state index < -0.39 is 25.7 Å². The van der Waals surface area contributed by atoms with Gasteiger partial charge in [0.25, 0.3) is 0 Å². The van der Waals surface area contributed by atoms with E-state index in [1.807, 2.05) is 30.3 Å². The van der Waals surface area contributed by atoms with Crippen LogP contribution in [0.2, 0.25) is 0 Å². The second-order valence-electron chi connectivity index (χ2n) is 6.14. The molecule has 1 aliphatic rings. The van der Waals surface area contributed by atoms with E-state index in [2.05, 4.69) is 0 Å². The number of carboxylic acids is 1. The van der Waals surface area contributed by atoms with Crippen molar-refractivity contribution in [1.82, 2.24) is 4.90 Å². The zero-order valence-corrected chi connectivity index (χ0v) is 15.8. The van der Waals surface area contributed by atoms with Gasteiger partial charge >= 0.3 is 19.7 Å². The molecule has 0 radical (unpaired) electrons. The van der Waals surface area contributed by atoms with E-state index in [1.165, 1.54) is 19.1 Å². The molecule has 0 aliphatic carbocycles. The first-order valence-corrected chi connectivity index (χ1v) is 10.0. The Labute approximate surface area is 152 Å². The Balaban J connectivity index is 1.98. The molecule has 9 heteroatoms. The van der Waals surface area contributed by atoms with Crippen molar-refractivity contribution in [2.45, 2.75) is 25.5 Å². The molecule has 1 amide bonds. The fraction of sp³-hybridized carbons (Fsp3) is 0.529. The highest BCUT2D eigenvalue weighted by atomic mass is 31.2. The number of rotatable bonds is 7. The minimum atomic E-state index is -3.23. The molecule has 0 bridgehead atoms. The summed E-state index contributed by atoms with van der Waals surface area (Å²) in [4.78, 5) is 25.2. The molecule has 1 aliphatic heterocycles. The Kier molecular flexibility index (Phi) is 7.20. The summed E-state index contributed by atoms with van der Waals surface area (Å²) in [5.41, 5.74) is 0.823. The summed E-state index contributed by atoms with van der Waals surface area (Å²) in [7, 11) is -0.629. The van der Waals surface area contributed by atoms with Crippen molar-refractivity contribution in [1.29, 1.82) is 0 Å². The third-order valence-corrected chi connectivity index (χ3v) is 6.55. The number of hydrogen-bond donors (Lipinski definition) is 1. The topological polar surface area (TPSA) is 102 Å². The SMILES string of the molecule is COP(=O)(C[C@@H]1CCN(C(=O)OCc2ccccc2)[C@H](C(=O)O)C1)OC. The molecule has 0 unspecified atom stereocenters. The van der Waals surface area contributed by atoms with Gasteiger partial charge in [0.15, 0.2) is 0 Å². The van der Waals surface area contributed by atoms with E-state index in [1.54, 1.807) is 0 Å². The number of likely N-dealkylation sites (tertiary alicyclic amines) is 1. The first-order chi connectivity index (χ1) is 12.4. The fourth-order valence-electron chi connectivity index (χ4n) is 3.00.